The Morgan fingerprint density at radius 2 is 1.95 bits per heavy atom. The lowest BCUT2D eigenvalue weighted by Gasteiger charge is -2.26. The molecule has 0 bridgehead atoms. The fraction of sp³-hybridized carbons (Fsp3) is 0.833. The summed E-state index contributed by atoms with van der Waals surface area (Å²) in [4.78, 5) is 2.29. The Kier molecular flexibility index (Phi) is 5.11. The van der Waals surface area contributed by atoms with Gasteiger partial charge in [-0.05, 0) is 13.0 Å². The molecule has 2 heterocycles. The van der Waals surface area contributed by atoms with Crippen LogP contribution in [0.15, 0.2) is 5.16 Å². The summed E-state index contributed by atoms with van der Waals surface area (Å²) in [6.07, 6.45) is 1.32. The largest absolute Gasteiger partial charge is 0.314 e. The van der Waals surface area contributed by atoms with E-state index in [0.717, 1.165) is 32.7 Å². The van der Waals surface area contributed by atoms with Gasteiger partial charge in [0.2, 0.25) is 15.0 Å². The molecule has 0 saturated carbocycles. The quantitative estimate of drug-likeness (QED) is 0.759. The van der Waals surface area contributed by atoms with Gasteiger partial charge < -0.3 is 14.8 Å². The van der Waals surface area contributed by atoms with Crippen molar-refractivity contribution in [3.63, 3.8) is 0 Å². The Labute approximate surface area is 120 Å². The van der Waals surface area contributed by atoms with Gasteiger partial charge in [0.05, 0.1) is 5.75 Å². The van der Waals surface area contributed by atoms with Crippen molar-refractivity contribution in [1.82, 2.24) is 25.0 Å². The molecular formula is C12H23N5O2S. The highest BCUT2D eigenvalue weighted by atomic mass is 32.2. The third-order valence-corrected chi connectivity index (χ3v) is 5.35. The molecule has 8 heteroatoms. The number of sulfone groups is 1. The van der Waals surface area contributed by atoms with E-state index in [1.807, 2.05) is 6.92 Å². The first-order valence-corrected chi connectivity index (χ1v) is 8.74. The number of piperazine rings is 1. The van der Waals surface area contributed by atoms with Crippen molar-refractivity contribution in [1.29, 1.82) is 0 Å². The Balaban J connectivity index is 1.91. The highest BCUT2D eigenvalue weighted by Gasteiger charge is 2.22. The Morgan fingerprint density at radius 3 is 2.55 bits per heavy atom. The van der Waals surface area contributed by atoms with Crippen LogP contribution in [0.3, 0.4) is 0 Å². The van der Waals surface area contributed by atoms with E-state index in [9.17, 15) is 8.42 Å². The summed E-state index contributed by atoms with van der Waals surface area (Å²) in [5, 5.41) is 11.1. The molecule has 0 radical (unpaired) electrons. The van der Waals surface area contributed by atoms with Crippen LogP contribution in [0, 0.1) is 0 Å². The molecule has 114 valence electrons. The molecular weight excluding hydrogens is 278 g/mol. The Bertz CT molecular complexity index is 534. The van der Waals surface area contributed by atoms with Crippen molar-refractivity contribution >= 4 is 9.84 Å². The van der Waals surface area contributed by atoms with Crippen LogP contribution in [0.4, 0.5) is 0 Å². The molecule has 0 aromatic carbocycles. The summed E-state index contributed by atoms with van der Waals surface area (Å²) in [5.74, 6) is 0.831. The predicted octanol–water partition coefficient (Wildman–Crippen LogP) is -0.553. The van der Waals surface area contributed by atoms with Gasteiger partial charge in [-0.25, -0.2) is 8.42 Å². The van der Waals surface area contributed by atoms with Crippen LogP contribution in [0.1, 0.15) is 19.2 Å². The number of aromatic nitrogens is 3. The van der Waals surface area contributed by atoms with Crippen LogP contribution in [-0.4, -0.2) is 66.6 Å². The third-order valence-electron chi connectivity index (χ3n) is 3.62. The van der Waals surface area contributed by atoms with Gasteiger partial charge in [-0.1, -0.05) is 6.92 Å². The molecule has 20 heavy (non-hydrogen) atoms. The Morgan fingerprint density at radius 1 is 1.25 bits per heavy atom. The van der Waals surface area contributed by atoms with E-state index in [1.54, 1.807) is 11.6 Å². The molecule has 1 fully saturated rings. The lowest BCUT2D eigenvalue weighted by atomic mass is 10.3. The normalized spacial score (nSPS) is 17.5. The number of nitrogens with zero attached hydrogens (tertiary/aromatic N) is 4. The van der Waals surface area contributed by atoms with Gasteiger partial charge in [0.1, 0.15) is 5.82 Å². The van der Waals surface area contributed by atoms with Crippen molar-refractivity contribution in [2.45, 2.75) is 24.9 Å². The lowest BCUT2D eigenvalue weighted by Crippen LogP contribution is -2.44. The molecule has 2 rings (SSSR count). The minimum Gasteiger partial charge on any atom is -0.314 e. The molecule has 1 aliphatic rings. The minimum absolute atomic E-state index is 0.0923. The zero-order chi connectivity index (χ0) is 14.6. The Hall–Kier alpha value is -0.990. The molecule has 0 atom stereocenters. The number of rotatable bonds is 6. The second kappa shape index (κ2) is 6.64. The van der Waals surface area contributed by atoms with Gasteiger partial charge in [-0.2, -0.15) is 0 Å². The average molecular weight is 301 g/mol. The van der Waals surface area contributed by atoms with Crippen molar-refractivity contribution in [2.24, 2.45) is 7.05 Å². The number of hydrogen-bond acceptors (Lipinski definition) is 6. The van der Waals surface area contributed by atoms with Crippen LogP contribution in [-0.2, 0) is 23.3 Å². The van der Waals surface area contributed by atoms with Crippen LogP contribution < -0.4 is 5.32 Å². The van der Waals surface area contributed by atoms with Crippen LogP contribution in [0.5, 0.6) is 0 Å². The molecule has 1 N–H and O–H groups in total. The van der Waals surface area contributed by atoms with Crippen LogP contribution in [0.2, 0.25) is 0 Å². The SMILES string of the molecule is CCc1nnc(S(=O)(=O)CCCN2CCNCC2)n1C. The van der Waals surface area contributed by atoms with Gasteiger partial charge in [0.15, 0.2) is 0 Å². The van der Waals surface area contributed by atoms with E-state index in [4.69, 9.17) is 0 Å². The number of nitrogens with one attached hydrogen (secondary N) is 1. The predicted molar refractivity (Wildman–Crippen MR) is 76.4 cm³/mol. The van der Waals surface area contributed by atoms with Gasteiger partial charge in [0, 0.05) is 39.6 Å². The summed E-state index contributed by atoms with van der Waals surface area (Å²) >= 11 is 0. The summed E-state index contributed by atoms with van der Waals surface area (Å²) in [6.45, 7) is 6.70. The first kappa shape index (κ1) is 15.4. The zero-order valence-electron chi connectivity index (χ0n) is 12.2. The summed E-state index contributed by atoms with van der Waals surface area (Å²) < 4.78 is 26.1. The molecule has 7 nitrogen and oxygen atoms in total. The van der Waals surface area contributed by atoms with Crippen LogP contribution >= 0.6 is 0 Å². The molecule has 0 amide bonds. The van der Waals surface area contributed by atoms with Crippen molar-refractivity contribution in [3.8, 4) is 0 Å². The second-order valence-corrected chi connectivity index (χ2v) is 7.08. The maximum Gasteiger partial charge on any atom is 0.249 e. The van der Waals surface area contributed by atoms with E-state index in [1.165, 1.54) is 0 Å². The van der Waals surface area contributed by atoms with Gasteiger partial charge >= 0.3 is 0 Å². The van der Waals surface area contributed by atoms with Crippen molar-refractivity contribution < 1.29 is 8.42 Å². The van der Waals surface area contributed by atoms with E-state index >= 15 is 0 Å². The maximum atomic E-state index is 12.3. The summed E-state index contributed by atoms with van der Waals surface area (Å²) in [6, 6.07) is 0. The van der Waals surface area contributed by atoms with E-state index in [2.05, 4.69) is 20.4 Å². The van der Waals surface area contributed by atoms with Gasteiger partial charge in [-0.3, -0.25) is 0 Å². The molecule has 1 aromatic rings. The smallest absolute Gasteiger partial charge is 0.249 e. The summed E-state index contributed by atoms with van der Waals surface area (Å²) in [7, 11) is -1.62. The van der Waals surface area contributed by atoms with Gasteiger partial charge in [-0.15, -0.1) is 10.2 Å². The van der Waals surface area contributed by atoms with Crippen molar-refractivity contribution in [2.75, 3.05) is 38.5 Å². The highest BCUT2D eigenvalue weighted by molar-refractivity contribution is 7.91. The van der Waals surface area contributed by atoms with Crippen molar-refractivity contribution in [3.05, 3.63) is 5.82 Å². The first-order valence-electron chi connectivity index (χ1n) is 7.08. The number of aryl methyl sites for hydroxylation is 1. The fourth-order valence-electron chi connectivity index (χ4n) is 2.43. The average Bonchev–Trinajstić information content (AvgIpc) is 2.81. The van der Waals surface area contributed by atoms with E-state index < -0.39 is 9.84 Å². The van der Waals surface area contributed by atoms with Gasteiger partial charge in [0.25, 0.3) is 0 Å². The maximum absolute atomic E-state index is 12.3. The topological polar surface area (TPSA) is 80.1 Å². The monoisotopic (exact) mass is 301 g/mol. The second-order valence-electron chi connectivity index (χ2n) is 5.08. The molecule has 1 saturated heterocycles. The third kappa shape index (κ3) is 3.56. The molecule has 0 aliphatic carbocycles. The molecule has 0 unspecified atom stereocenters. The first-order chi connectivity index (χ1) is 9.54. The highest BCUT2D eigenvalue weighted by Crippen LogP contribution is 2.11. The minimum atomic E-state index is -3.33. The fourth-order valence-corrected chi connectivity index (χ4v) is 3.81. The molecule has 1 aliphatic heterocycles. The number of hydrogen-bond donors (Lipinski definition) is 1. The van der Waals surface area contributed by atoms with E-state index in [-0.39, 0.29) is 10.9 Å². The lowest BCUT2D eigenvalue weighted by molar-refractivity contribution is 0.242. The molecule has 1 aromatic heterocycles. The zero-order valence-corrected chi connectivity index (χ0v) is 13.0. The standard InChI is InChI=1S/C12H23N5O2S/c1-3-11-14-15-12(16(11)2)20(18,19)10-4-7-17-8-5-13-6-9-17/h13H,3-10H2,1-2H3. The van der Waals surface area contributed by atoms with E-state index in [0.29, 0.717) is 18.7 Å². The summed E-state index contributed by atoms with van der Waals surface area (Å²) in [5.41, 5.74) is 0. The molecule has 0 spiro atoms. The van der Waals surface area contributed by atoms with Crippen LogP contribution in [0.25, 0.3) is 0 Å².